The van der Waals surface area contributed by atoms with Gasteiger partial charge in [-0.15, -0.1) is 0 Å². The first-order valence-electron chi connectivity index (χ1n) is 12.6. The van der Waals surface area contributed by atoms with Gasteiger partial charge in [-0.25, -0.2) is 4.39 Å². The highest BCUT2D eigenvalue weighted by Crippen LogP contribution is 2.53. The van der Waals surface area contributed by atoms with Crippen LogP contribution < -0.4 is 10.1 Å². The van der Waals surface area contributed by atoms with Gasteiger partial charge in [-0.2, -0.15) is 0 Å². The van der Waals surface area contributed by atoms with Crippen LogP contribution in [0.15, 0.2) is 82.8 Å². The predicted molar refractivity (Wildman–Crippen MR) is 155 cm³/mol. The van der Waals surface area contributed by atoms with Gasteiger partial charge in [0, 0.05) is 33.3 Å². The monoisotopic (exact) mass is 589 g/mol. The van der Waals surface area contributed by atoms with Crippen LogP contribution in [0.25, 0.3) is 16.3 Å². The lowest BCUT2D eigenvalue weighted by Gasteiger charge is -2.40. The van der Waals surface area contributed by atoms with E-state index in [1.165, 1.54) is 12.1 Å². The van der Waals surface area contributed by atoms with E-state index in [2.05, 4.69) is 59.4 Å². The second kappa shape index (κ2) is 9.55. The van der Waals surface area contributed by atoms with Gasteiger partial charge >= 0.3 is 0 Å². The number of anilines is 1. The van der Waals surface area contributed by atoms with E-state index >= 15 is 0 Å². The van der Waals surface area contributed by atoms with E-state index in [-0.39, 0.29) is 23.6 Å². The zero-order chi connectivity index (χ0) is 26.6. The Bertz CT molecular complexity index is 1630. The van der Waals surface area contributed by atoms with Crippen molar-refractivity contribution in [3.05, 3.63) is 110 Å². The van der Waals surface area contributed by atoms with E-state index in [0.29, 0.717) is 17.2 Å². The molecule has 1 aliphatic heterocycles. The van der Waals surface area contributed by atoms with Crippen molar-refractivity contribution in [1.82, 2.24) is 0 Å². The summed E-state index contributed by atoms with van der Waals surface area (Å²) in [5, 5.41) is 6.39. The van der Waals surface area contributed by atoms with E-state index in [1.807, 2.05) is 18.2 Å². The topological polar surface area (TPSA) is 38.3 Å². The molecule has 0 radical (unpaired) electrons. The number of hydrogen-bond acceptors (Lipinski definition) is 3. The minimum Gasteiger partial charge on any atom is -0.487 e. The molecule has 2 aliphatic rings. The maximum absolute atomic E-state index is 13.8. The molecule has 0 amide bonds. The zero-order valence-electron chi connectivity index (χ0n) is 21.1. The molecule has 192 valence electrons. The standard InChI is InChI=1S/C32H26BrClFNO2/c1-32(2)15-24-28-22-6-4-3-5-19(22)9-12-26(28)36-30(29(24)27(37)16-32)23-13-20(33)14-25(34)31(23)38-17-18-7-10-21(35)11-8-18/h3-14,30,36H,15-17H2,1-2H3/t30-/m0/s1. The maximum atomic E-state index is 13.8. The number of rotatable bonds is 4. The van der Waals surface area contributed by atoms with E-state index in [9.17, 15) is 9.18 Å². The van der Waals surface area contributed by atoms with Crippen molar-refractivity contribution in [2.45, 2.75) is 39.3 Å². The number of nitrogens with one attached hydrogen (secondary N) is 1. The lowest BCUT2D eigenvalue weighted by Crippen LogP contribution is -2.33. The number of hydrogen-bond donors (Lipinski definition) is 1. The average molecular weight is 591 g/mol. The van der Waals surface area contributed by atoms with Crippen LogP contribution >= 0.6 is 27.5 Å². The van der Waals surface area contributed by atoms with Gasteiger partial charge in [-0.05, 0) is 64.1 Å². The van der Waals surface area contributed by atoms with Gasteiger partial charge in [-0.1, -0.05) is 83.8 Å². The molecule has 4 aromatic carbocycles. The Kier molecular flexibility index (Phi) is 6.32. The molecule has 6 rings (SSSR count). The molecule has 1 N–H and O–H groups in total. The minimum absolute atomic E-state index is 0.132. The summed E-state index contributed by atoms with van der Waals surface area (Å²) in [5.41, 5.74) is 5.40. The first-order valence-corrected chi connectivity index (χ1v) is 13.8. The van der Waals surface area contributed by atoms with E-state index in [1.54, 1.807) is 18.2 Å². The Balaban J connectivity index is 1.52. The first-order chi connectivity index (χ1) is 18.2. The summed E-state index contributed by atoms with van der Waals surface area (Å²) in [4.78, 5) is 13.8. The van der Waals surface area contributed by atoms with Crippen molar-refractivity contribution in [2.75, 3.05) is 5.32 Å². The van der Waals surface area contributed by atoms with Crippen molar-refractivity contribution in [1.29, 1.82) is 0 Å². The third-order valence-corrected chi connectivity index (χ3v) is 8.12. The quantitative estimate of drug-likeness (QED) is 0.257. The molecule has 0 unspecified atom stereocenters. The Labute approximate surface area is 234 Å². The van der Waals surface area contributed by atoms with Gasteiger partial charge in [0.05, 0.1) is 11.1 Å². The summed E-state index contributed by atoms with van der Waals surface area (Å²) in [6.07, 6.45) is 1.26. The zero-order valence-corrected chi connectivity index (χ0v) is 23.4. The van der Waals surface area contributed by atoms with Crippen molar-refractivity contribution in [2.24, 2.45) is 5.41 Å². The molecule has 1 atom stereocenters. The first kappa shape index (κ1) is 25.1. The lowest BCUT2D eigenvalue weighted by atomic mass is 9.68. The van der Waals surface area contributed by atoms with Crippen LogP contribution in [0.3, 0.4) is 0 Å². The van der Waals surface area contributed by atoms with E-state index in [4.69, 9.17) is 16.3 Å². The summed E-state index contributed by atoms with van der Waals surface area (Å²) in [7, 11) is 0. The van der Waals surface area contributed by atoms with Crippen LogP contribution in [0.4, 0.5) is 10.1 Å². The molecule has 1 aliphatic carbocycles. The number of benzene rings is 4. The predicted octanol–water partition coefficient (Wildman–Crippen LogP) is 9.28. The molecule has 0 saturated heterocycles. The summed E-state index contributed by atoms with van der Waals surface area (Å²) >= 11 is 10.3. The second-order valence-electron chi connectivity index (χ2n) is 10.8. The summed E-state index contributed by atoms with van der Waals surface area (Å²) in [5.74, 6) is 0.338. The van der Waals surface area contributed by atoms with Crippen molar-refractivity contribution in [3.63, 3.8) is 0 Å². The molecule has 0 fully saturated rings. The molecule has 0 saturated carbocycles. The summed E-state index contributed by atoms with van der Waals surface area (Å²) in [6.45, 7) is 4.53. The Morgan fingerprint density at radius 1 is 1.05 bits per heavy atom. The molecule has 0 bridgehead atoms. The number of ketones is 1. The minimum atomic E-state index is -0.430. The van der Waals surface area contributed by atoms with E-state index < -0.39 is 6.04 Å². The van der Waals surface area contributed by atoms with Crippen molar-refractivity contribution in [3.8, 4) is 5.75 Å². The molecular weight excluding hydrogens is 565 g/mol. The number of carbonyl (C=O) groups excluding carboxylic acids is 1. The van der Waals surface area contributed by atoms with Crippen LogP contribution in [-0.2, 0) is 11.4 Å². The average Bonchev–Trinajstić information content (AvgIpc) is 2.87. The smallest absolute Gasteiger partial charge is 0.162 e. The highest BCUT2D eigenvalue weighted by Gasteiger charge is 2.41. The van der Waals surface area contributed by atoms with Gasteiger partial charge in [0.25, 0.3) is 0 Å². The number of Topliss-reactive ketones (excluding diaryl/α,β-unsaturated/α-hetero) is 1. The van der Waals surface area contributed by atoms with Crippen molar-refractivity contribution < 1.29 is 13.9 Å². The number of carbonyl (C=O) groups is 1. The normalized spacial score (nSPS) is 18.1. The van der Waals surface area contributed by atoms with Crippen LogP contribution in [0.2, 0.25) is 5.02 Å². The molecule has 6 heteroatoms. The highest BCUT2D eigenvalue weighted by atomic mass is 79.9. The summed E-state index contributed by atoms with van der Waals surface area (Å²) in [6, 6.07) is 22.0. The van der Waals surface area contributed by atoms with E-state index in [0.717, 1.165) is 55.2 Å². The fraction of sp³-hybridized carbons (Fsp3) is 0.219. The Hall–Kier alpha value is -3.15. The number of halogens is 3. The summed E-state index contributed by atoms with van der Waals surface area (Å²) < 4.78 is 20.5. The maximum Gasteiger partial charge on any atom is 0.162 e. The lowest BCUT2D eigenvalue weighted by molar-refractivity contribution is -0.118. The third kappa shape index (κ3) is 4.52. The number of ether oxygens (including phenoxy) is 1. The molecule has 38 heavy (non-hydrogen) atoms. The largest absolute Gasteiger partial charge is 0.487 e. The fourth-order valence-corrected chi connectivity index (χ4v) is 6.64. The molecule has 4 aromatic rings. The molecule has 0 aromatic heterocycles. The van der Waals surface area contributed by atoms with Gasteiger partial charge in [0.2, 0.25) is 0 Å². The van der Waals surface area contributed by atoms with Crippen LogP contribution in [0.5, 0.6) is 5.75 Å². The van der Waals surface area contributed by atoms with Gasteiger partial charge in [0.1, 0.15) is 18.2 Å². The Morgan fingerprint density at radius 3 is 2.61 bits per heavy atom. The van der Waals surface area contributed by atoms with Gasteiger partial charge in [0.15, 0.2) is 5.78 Å². The number of allylic oxidation sites excluding steroid dienone is 1. The molecule has 3 nitrogen and oxygen atoms in total. The SMILES string of the molecule is CC1(C)CC(=O)C2=C(C1)c1c(ccc3ccccc13)N[C@H]2c1cc(Br)cc(Cl)c1OCc1ccc(F)cc1. The van der Waals surface area contributed by atoms with Crippen molar-refractivity contribution >= 4 is 55.3 Å². The fourth-order valence-electron chi connectivity index (χ4n) is 5.75. The van der Waals surface area contributed by atoms with Crippen LogP contribution in [0, 0.1) is 11.2 Å². The second-order valence-corrected chi connectivity index (χ2v) is 12.2. The van der Waals surface area contributed by atoms with Crippen LogP contribution in [-0.4, -0.2) is 5.78 Å². The number of fused-ring (bicyclic) bond motifs is 4. The molecule has 1 heterocycles. The Morgan fingerprint density at radius 2 is 1.82 bits per heavy atom. The van der Waals surface area contributed by atoms with Crippen LogP contribution in [0.1, 0.15) is 49.4 Å². The van der Waals surface area contributed by atoms with Gasteiger partial charge in [-0.3, -0.25) is 4.79 Å². The molecule has 0 spiro atoms. The van der Waals surface area contributed by atoms with Gasteiger partial charge < -0.3 is 10.1 Å². The highest BCUT2D eigenvalue weighted by molar-refractivity contribution is 9.10. The molecular formula is C32H26BrClFNO2. The third-order valence-electron chi connectivity index (χ3n) is 7.38.